The Morgan fingerprint density at radius 2 is 1.62 bits per heavy atom. The number of aliphatic hydroxyl groups excluding tert-OH is 1. The Balaban J connectivity index is 2.64. The van der Waals surface area contributed by atoms with E-state index in [-0.39, 0.29) is 10.9 Å². The van der Waals surface area contributed by atoms with Crippen molar-refractivity contribution in [3.63, 3.8) is 0 Å². The summed E-state index contributed by atoms with van der Waals surface area (Å²) >= 11 is 0. The average Bonchev–Trinajstić information content (AvgIpc) is 2.37. The van der Waals surface area contributed by atoms with Crippen molar-refractivity contribution in [2.45, 2.75) is 64.0 Å². The molecule has 0 heterocycles. The maximum atomic E-state index is 12.2. The highest BCUT2D eigenvalue weighted by Crippen LogP contribution is 2.17. The van der Waals surface area contributed by atoms with Crippen LogP contribution < -0.4 is 4.72 Å². The van der Waals surface area contributed by atoms with Gasteiger partial charge in [0, 0.05) is 6.04 Å². The molecule has 0 aliphatic carbocycles. The molecule has 0 spiro atoms. The molecule has 0 aliphatic rings. The Morgan fingerprint density at radius 3 is 2.10 bits per heavy atom. The summed E-state index contributed by atoms with van der Waals surface area (Å²) in [4.78, 5) is 0.239. The fourth-order valence-corrected chi connectivity index (χ4v) is 3.43. The zero-order valence-electron chi connectivity index (χ0n) is 13.3. The molecule has 0 saturated heterocycles. The van der Waals surface area contributed by atoms with Crippen molar-refractivity contribution >= 4 is 10.0 Å². The Bertz CT molecular complexity index is 521. The summed E-state index contributed by atoms with van der Waals surface area (Å²) < 4.78 is 27.2. The van der Waals surface area contributed by atoms with Gasteiger partial charge in [0.25, 0.3) is 0 Å². The average molecular weight is 313 g/mol. The fourth-order valence-electron chi connectivity index (χ4n) is 2.15. The maximum Gasteiger partial charge on any atom is 0.240 e. The van der Waals surface area contributed by atoms with Crippen molar-refractivity contribution in [2.24, 2.45) is 5.92 Å². The minimum atomic E-state index is -3.48. The highest BCUT2D eigenvalue weighted by Gasteiger charge is 2.17. The third-order valence-corrected chi connectivity index (χ3v) is 5.05. The van der Waals surface area contributed by atoms with Crippen LogP contribution in [0.15, 0.2) is 29.2 Å². The van der Waals surface area contributed by atoms with Crippen LogP contribution in [0.2, 0.25) is 0 Å². The van der Waals surface area contributed by atoms with Crippen molar-refractivity contribution in [1.82, 2.24) is 4.72 Å². The van der Waals surface area contributed by atoms with Crippen LogP contribution in [0.1, 0.15) is 58.6 Å². The van der Waals surface area contributed by atoms with Crippen LogP contribution in [0.4, 0.5) is 0 Å². The molecule has 0 fully saturated rings. The van der Waals surface area contributed by atoms with E-state index >= 15 is 0 Å². The highest BCUT2D eigenvalue weighted by molar-refractivity contribution is 7.89. The largest absolute Gasteiger partial charge is 0.389 e. The van der Waals surface area contributed by atoms with Crippen molar-refractivity contribution in [1.29, 1.82) is 0 Å². The summed E-state index contributed by atoms with van der Waals surface area (Å²) in [6.07, 6.45) is 2.37. The number of hydrogen-bond donors (Lipinski definition) is 2. The molecule has 1 aromatic rings. The fraction of sp³-hybridized carbons (Fsp3) is 0.625. The predicted octanol–water partition coefficient (Wildman–Crippen LogP) is 3.23. The maximum absolute atomic E-state index is 12.2. The summed E-state index contributed by atoms with van der Waals surface area (Å²) in [6, 6.07) is 6.27. The standard InChI is InChI=1S/C16H27NO3S/c1-12(2)6-5-7-13(3)17-21(19,20)16-10-8-15(9-11-16)14(4)18/h8-14,17-18H,5-7H2,1-4H3. The third kappa shape index (κ3) is 6.16. The first kappa shape index (κ1) is 18.1. The minimum absolute atomic E-state index is 0.0785. The van der Waals surface area contributed by atoms with Gasteiger partial charge in [0.05, 0.1) is 11.0 Å². The van der Waals surface area contributed by atoms with Crippen molar-refractivity contribution < 1.29 is 13.5 Å². The van der Waals surface area contributed by atoms with Gasteiger partial charge in [-0.05, 0) is 43.9 Å². The molecule has 2 atom stereocenters. The van der Waals surface area contributed by atoms with Gasteiger partial charge in [0.1, 0.15) is 0 Å². The summed E-state index contributed by atoms with van der Waals surface area (Å²) in [6.45, 7) is 7.87. The topological polar surface area (TPSA) is 66.4 Å². The monoisotopic (exact) mass is 313 g/mol. The molecule has 4 nitrogen and oxygen atoms in total. The molecule has 120 valence electrons. The third-order valence-electron chi connectivity index (χ3n) is 3.45. The van der Waals surface area contributed by atoms with Gasteiger partial charge >= 0.3 is 0 Å². The normalized spacial score (nSPS) is 15.1. The van der Waals surface area contributed by atoms with E-state index in [1.54, 1.807) is 19.1 Å². The summed E-state index contributed by atoms with van der Waals surface area (Å²) in [5, 5.41) is 9.44. The number of sulfonamides is 1. The lowest BCUT2D eigenvalue weighted by Crippen LogP contribution is -2.32. The van der Waals surface area contributed by atoms with Gasteiger partial charge in [0.2, 0.25) is 10.0 Å². The van der Waals surface area contributed by atoms with E-state index < -0.39 is 16.1 Å². The van der Waals surface area contributed by atoms with Gasteiger partial charge in [-0.25, -0.2) is 13.1 Å². The first-order valence-corrected chi connectivity index (χ1v) is 9.01. The van der Waals surface area contributed by atoms with Crippen LogP contribution in [-0.4, -0.2) is 19.6 Å². The van der Waals surface area contributed by atoms with Gasteiger partial charge in [-0.2, -0.15) is 0 Å². The molecule has 2 N–H and O–H groups in total. The Hall–Kier alpha value is -0.910. The molecule has 0 saturated carbocycles. The van der Waals surface area contributed by atoms with E-state index in [1.807, 2.05) is 6.92 Å². The quantitative estimate of drug-likeness (QED) is 0.774. The van der Waals surface area contributed by atoms with Crippen molar-refractivity contribution in [2.75, 3.05) is 0 Å². The zero-order valence-corrected chi connectivity index (χ0v) is 14.2. The summed E-state index contributed by atoms with van der Waals surface area (Å²) in [7, 11) is -3.48. The zero-order chi connectivity index (χ0) is 16.0. The molecule has 0 amide bonds. The van der Waals surface area contributed by atoms with E-state index in [0.29, 0.717) is 11.5 Å². The number of nitrogens with one attached hydrogen (secondary N) is 1. The van der Waals surface area contributed by atoms with E-state index in [9.17, 15) is 13.5 Å². The first-order chi connectivity index (χ1) is 9.72. The van der Waals surface area contributed by atoms with E-state index in [1.165, 1.54) is 12.1 Å². The Morgan fingerprint density at radius 1 is 1.05 bits per heavy atom. The van der Waals surface area contributed by atoms with Gasteiger partial charge in [-0.15, -0.1) is 0 Å². The lowest BCUT2D eigenvalue weighted by atomic mass is 10.0. The molecule has 0 radical (unpaired) electrons. The predicted molar refractivity (Wildman–Crippen MR) is 85.5 cm³/mol. The molecule has 0 bridgehead atoms. The number of rotatable bonds is 8. The molecule has 0 aliphatic heterocycles. The van der Waals surface area contributed by atoms with Crippen LogP contribution >= 0.6 is 0 Å². The molecule has 21 heavy (non-hydrogen) atoms. The Kier molecular flexibility index (Phi) is 6.84. The van der Waals surface area contributed by atoms with Gasteiger partial charge in [0.15, 0.2) is 0 Å². The molecular weight excluding hydrogens is 286 g/mol. The van der Waals surface area contributed by atoms with Crippen molar-refractivity contribution in [3.8, 4) is 0 Å². The molecule has 2 unspecified atom stereocenters. The second-order valence-electron chi connectivity index (χ2n) is 6.09. The van der Waals surface area contributed by atoms with Gasteiger partial charge < -0.3 is 5.11 Å². The second-order valence-corrected chi connectivity index (χ2v) is 7.81. The van der Waals surface area contributed by atoms with Gasteiger partial charge in [-0.1, -0.05) is 38.8 Å². The molecule has 1 aromatic carbocycles. The van der Waals surface area contributed by atoms with E-state index in [0.717, 1.165) is 19.3 Å². The highest BCUT2D eigenvalue weighted by atomic mass is 32.2. The molecular formula is C16H27NO3S. The smallest absolute Gasteiger partial charge is 0.240 e. The SMILES string of the molecule is CC(C)CCCC(C)NS(=O)(=O)c1ccc(C(C)O)cc1. The lowest BCUT2D eigenvalue weighted by molar-refractivity contribution is 0.199. The van der Waals surface area contributed by atoms with Crippen LogP contribution in [0.25, 0.3) is 0 Å². The molecule has 0 aromatic heterocycles. The first-order valence-electron chi connectivity index (χ1n) is 7.52. The van der Waals surface area contributed by atoms with Gasteiger partial charge in [-0.3, -0.25) is 0 Å². The summed E-state index contributed by atoms with van der Waals surface area (Å²) in [5.41, 5.74) is 0.707. The number of aliphatic hydroxyl groups is 1. The Labute approximate surface area is 128 Å². The van der Waals surface area contributed by atoms with Crippen LogP contribution in [-0.2, 0) is 10.0 Å². The number of hydrogen-bond acceptors (Lipinski definition) is 3. The summed E-state index contributed by atoms with van der Waals surface area (Å²) in [5.74, 6) is 0.641. The van der Waals surface area contributed by atoms with E-state index in [4.69, 9.17) is 0 Å². The number of benzene rings is 1. The van der Waals surface area contributed by atoms with E-state index in [2.05, 4.69) is 18.6 Å². The molecule has 1 rings (SSSR count). The van der Waals surface area contributed by atoms with Crippen LogP contribution in [0.3, 0.4) is 0 Å². The minimum Gasteiger partial charge on any atom is -0.389 e. The molecule has 5 heteroatoms. The lowest BCUT2D eigenvalue weighted by Gasteiger charge is -2.15. The van der Waals surface area contributed by atoms with Crippen molar-refractivity contribution in [3.05, 3.63) is 29.8 Å². The van der Waals surface area contributed by atoms with Crippen LogP contribution in [0, 0.1) is 5.92 Å². The van der Waals surface area contributed by atoms with Crippen LogP contribution in [0.5, 0.6) is 0 Å². The second kappa shape index (κ2) is 7.92.